The van der Waals surface area contributed by atoms with Gasteiger partial charge in [-0.1, -0.05) is 185 Å². The van der Waals surface area contributed by atoms with Gasteiger partial charge in [-0.15, -0.1) is 0 Å². The van der Waals surface area contributed by atoms with Crippen molar-refractivity contribution in [3.8, 4) is 0 Å². The molecule has 0 fully saturated rings. The van der Waals surface area contributed by atoms with Crippen molar-refractivity contribution in [2.45, 2.75) is 212 Å². The highest BCUT2D eigenvalue weighted by Crippen LogP contribution is 2.16. The van der Waals surface area contributed by atoms with Crippen molar-refractivity contribution in [1.82, 2.24) is 5.32 Å². The fraction of sp³-hybridized carbons (Fsp3) is 0.829. The number of amides is 1. The molecule has 3 atom stereocenters. The van der Waals surface area contributed by atoms with Crippen LogP contribution in [0.2, 0.25) is 0 Å². The molecule has 46 heavy (non-hydrogen) atoms. The third-order valence-corrected chi connectivity index (χ3v) is 8.92. The predicted octanol–water partition coefficient (Wildman–Crippen LogP) is 10.8. The van der Waals surface area contributed by atoms with Crippen molar-refractivity contribution in [1.29, 1.82) is 0 Å². The number of allylic oxidation sites excluding steroid dienone is 5. The molecule has 1 amide bonds. The monoisotopic (exact) mass is 648 g/mol. The van der Waals surface area contributed by atoms with E-state index < -0.39 is 18.2 Å². The molecule has 5 heteroatoms. The molecule has 0 aliphatic rings. The summed E-state index contributed by atoms with van der Waals surface area (Å²) in [5.41, 5.74) is 0. The summed E-state index contributed by atoms with van der Waals surface area (Å²) in [4.78, 5) is 12.4. The van der Waals surface area contributed by atoms with E-state index in [0.29, 0.717) is 6.42 Å². The Hall–Kier alpha value is -1.43. The molecule has 0 aromatic carbocycles. The van der Waals surface area contributed by atoms with Crippen LogP contribution in [0.5, 0.6) is 0 Å². The lowest BCUT2D eigenvalue weighted by molar-refractivity contribution is -0.124. The normalized spacial score (nSPS) is 14.1. The van der Waals surface area contributed by atoms with Crippen molar-refractivity contribution in [3.05, 3.63) is 36.5 Å². The molecule has 5 nitrogen and oxygen atoms in total. The molecule has 0 saturated heterocycles. The number of hydrogen-bond donors (Lipinski definition) is 4. The molecule has 270 valence electrons. The zero-order valence-corrected chi connectivity index (χ0v) is 30.5. The highest BCUT2D eigenvalue weighted by atomic mass is 16.3. The molecule has 3 unspecified atom stereocenters. The van der Waals surface area contributed by atoms with Crippen LogP contribution in [-0.2, 0) is 4.79 Å². The Bertz CT molecular complexity index is 719. The highest BCUT2D eigenvalue weighted by Gasteiger charge is 2.20. The van der Waals surface area contributed by atoms with Crippen molar-refractivity contribution in [3.63, 3.8) is 0 Å². The molecular formula is C41H77NO4. The Morgan fingerprint density at radius 2 is 0.957 bits per heavy atom. The molecule has 0 radical (unpaired) electrons. The van der Waals surface area contributed by atoms with E-state index >= 15 is 0 Å². The molecule has 0 aromatic rings. The standard InChI is InChI=1S/C41H77NO4/c1-3-5-7-9-11-13-15-16-17-18-19-20-21-22-23-24-25-26-28-30-32-34-38(44)36-41(46)42-39(37-43)40(45)35-33-31-29-27-14-12-10-8-6-4-2/h6,8,14,27,33,35,38-40,43-45H,3-5,7,9-13,15-26,28-32,34,36-37H2,1-2H3,(H,42,46)/b8-6+,27-14+,35-33+. The second-order valence-electron chi connectivity index (χ2n) is 13.5. The smallest absolute Gasteiger partial charge is 0.222 e. The first-order chi connectivity index (χ1) is 22.5. The van der Waals surface area contributed by atoms with Gasteiger partial charge in [0.15, 0.2) is 0 Å². The van der Waals surface area contributed by atoms with Crippen LogP contribution in [0.1, 0.15) is 194 Å². The van der Waals surface area contributed by atoms with Gasteiger partial charge in [0, 0.05) is 0 Å². The largest absolute Gasteiger partial charge is 0.394 e. The first-order valence-electron chi connectivity index (χ1n) is 19.8. The van der Waals surface area contributed by atoms with E-state index in [0.717, 1.165) is 44.9 Å². The highest BCUT2D eigenvalue weighted by molar-refractivity contribution is 5.76. The van der Waals surface area contributed by atoms with Gasteiger partial charge in [0.1, 0.15) is 0 Å². The lowest BCUT2D eigenvalue weighted by Crippen LogP contribution is -2.45. The fourth-order valence-corrected chi connectivity index (χ4v) is 5.91. The Kier molecular flexibility index (Phi) is 35.3. The Morgan fingerprint density at radius 1 is 0.565 bits per heavy atom. The lowest BCUT2D eigenvalue weighted by atomic mass is 10.0. The van der Waals surface area contributed by atoms with Gasteiger partial charge >= 0.3 is 0 Å². The maximum Gasteiger partial charge on any atom is 0.222 e. The summed E-state index contributed by atoms with van der Waals surface area (Å²) in [7, 11) is 0. The van der Waals surface area contributed by atoms with Crippen LogP contribution in [0.15, 0.2) is 36.5 Å². The van der Waals surface area contributed by atoms with Gasteiger partial charge < -0.3 is 20.6 Å². The van der Waals surface area contributed by atoms with E-state index in [2.05, 4.69) is 43.5 Å². The van der Waals surface area contributed by atoms with Gasteiger partial charge in [0.2, 0.25) is 5.91 Å². The van der Waals surface area contributed by atoms with E-state index in [1.54, 1.807) is 6.08 Å². The van der Waals surface area contributed by atoms with Crippen LogP contribution in [0.25, 0.3) is 0 Å². The van der Waals surface area contributed by atoms with Crippen LogP contribution in [0.3, 0.4) is 0 Å². The fourth-order valence-electron chi connectivity index (χ4n) is 5.91. The summed E-state index contributed by atoms with van der Waals surface area (Å²) in [6.07, 6.45) is 44.4. The summed E-state index contributed by atoms with van der Waals surface area (Å²) in [5.74, 6) is -0.331. The average Bonchev–Trinajstić information content (AvgIpc) is 3.05. The topological polar surface area (TPSA) is 89.8 Å². The maximum absolute atomic E-state index is 12.4. The first-order valence-corrected chi connectivity index (χ1v) is 19.8. The van der Waals surface area contributed by atoms with Crippen LogP contribution >= 0.6 is 0 Å². The van der Waals surface area contributed by atoms with E-state index in [4.69, 9.17) is 0 Å². The van der Waals surface area contributed by atoms with Crippen molar-refractivity contribution < 1.29 is 20.1 Å². The van der Waals surface area contributed by atoms with E-state index in [9.17, 15) is 20.1 Å². The molecule has 4 N–H and O–H groups in total. The Balaban J connectivity index is 3.63. The summed E-state index contributed by atoms with van der Waals surface area (Å²) < 4.78 is 0. The summed E-state index contributed by atoms with van der Waals surface area (Å²) in [5, 5.41) is 33.0. The van der Waals surface area contributed by atoms with Crippen LogP contribution < -0.4 is 5.32 Å². The van der Waals surface area contributed by atoms with Gasteiger partial charge in [-0.3, -0.25) is 4.79 Å². The van der Waals surface area contributed by atoms with E-state index in [-0.39, 0.29) is 18.9 Å². The maximum atomic E-state index is 12.4. The van der Waals surface area contributed by atoms with Crippen LogP contribution in [-0.4, -0.2) is 46.1 Å². The molecule has 0 aromatic heterocycles. The molecule has 0 rings (SSSR count). The summed E-state index contributed by atoms with van der Waals surface area (Å²) in [6, 6.07) is -0.763. The van der Waals surface area contributed by atoms with E-state index in [1.807, 2.05) is 6.08 Å². The zero-order valence-electron chi connectivity index (χ0n) is 30.5. The van der Waals surface area contributed by atoms with Gasteiger partial charge in [0.05, 0.1) is 31.3 Å². The first kappa shape index (κ1) is 44.6. The lowest BCUT2D eigenvalue weighted by Gasteiger charge is -2.21. The third kappa shape index (κ3) is 32.5. The van der Waals surface area contributed by atoms with Crippen molar-refractivity contribution >= 4 is 5.91 Å². The second kappa shape index (κ2) is 36.4. The van der Waals surface area contributed by atoms with Crippen molar-refractivity contribution in [2.24, 2.45) is 0 Å². The minimum absolute atomic E-state index is 0.00433. The van der Waals surface area contributed by atoms with Crippen molar-refractivity contribution in [2.75, 3.05) is 6.61 Å². The number of carbonyl (C=O) groups excluding carboxylic acids is 1. The van der Waals surface area contributed by atoms with E-state index in [1.165, 1.54) is 122 Å². The number of carbonyl (C=O) groups is 1. The molecule has 0 saturated carbocycles. The molecule has 0 spiro atoms. The molecule has 0 aliphatic heterocycles. The third-order valence-electron chi connectivity index (χ3n) is 8.92. The Morgan fingerprint density at radius 3 is 1.37 bits per heavy atom. The number of aliphatic hydroxyl groups is 3. The number of hydrogen-bond acceptors (Lipinski definition) is 4. The zero-order chi connectivity index (χ0) is 33.8. The predicted molar refractivity (Wildman–Crippen MR) is 199 cm³/mol. The Labute approximate surface area is 285 Å². The number of rotatable bonds is 35. The molecule has 0 bridgehead atoms. The van der Waals surface area contributed by atoms with Gasteiger partial charge in [-0.2, -0.15) is 0 Å². The number of nitrogens with one attached hydrogen (secondary N) is 1. The second-order valence-corrected chi connectivity index (χ2v) is 13.5. The van der Waals surface area contributed by atoms with Crippen LogP contribution in [0.4, 0.5) is 0 Å². The van der Waals surface area contributed by atoms with Gasteiger partial charge in [-0.25, -0.2) is 0 Å². The molecule has 0 heterocycles. The minimum Gasteiger partial charge on any atom is -0.394 e. The molecular weight excluding hydrogens is 570 g/mol. The van der Waals surface area contributed by atoms with Gasteiger partial charge in [0.25, 0.3) is 0 Å². The quantitative estimate of drug-likeness (QED) is 0.0407. The summed E-state index contributed by atoms with van der Waals surface area (Å²) >= 11 is 0. The van der Waals surface area contributed by atoms with Gasteiger partial charge in [-0.05, 0) is 38.5 Å². The SMILES string of the molecule is CC/C=C/CC/C=C/CC/C=C/C(O)C(CO)NC(=O)CC(O)CCCCCCCCCCCCCCCCCCCCCCC. The summed E-state index contributed by atoms with van der Waals surface area (Å²) in [6.45, 7) is 4.07. The number of unbranched alkanes of at least 4 members (excludes halogenated alkanes) is 22. The molecule has 0 aliphatic carbocycles. The minimum atomic E-state index is -0.955. The average molecular weight is 648 g/mol. The van der Waals surface area contributed by atoms with Crippen LogP contribution in [0, 0.1) is 0 Å². The number of aliphatic hydroxyl groups excluding tert-OH is 3.